The Morgan fingerprint density at radius 1 is 0.974 bits per heavy atom. The Morgan fingerprint density at radius 2 is 1.84 bits per heavy atom. The molecular weight excluding hydrogens is 498 g/mol. The zero-order chi connectivity index (χ0) is 26.5. The van der Waals surface area contributed by atoms with E-state index in [1.54, 1.807) is 24.5 Å². The standard InChI is InChI=1S/C31H22ClN3O3/c1-20-25(4-2-6-27(20)23-7-8-29-24(11-23)5-3-9-35-29)19-38-31-13-30(26(17-36)12-28(31)32)37-18-22-10-21(14-33)15-34-16-22/h2-13,15-17H,18-19H2,1H3. The first-order chi connectivity index (χ1) is 18.6. The maximum Gasteiger partial charge on any atom is 0.153 e. The number of aromatic nitrogens is 2. The quantitative estimate of drug-likeness (QED) is 0.203. The number of carbonyl (C=O) groups is 1. The van der Waals surface area contributed by atoms with Gasteiger partial charge in [0, 0.05) is 35.6 Å². The fraction of sp³-hybridized carbons (Fsp3) is 0.0968. The summed E-state index contributed by atoms with van der Waals surface area (Å²) in [6, 6.07) is 23.2. The van der Waals surface area contributed by atoms with Crippen LogP contribution in [0.5, 0.6) is 11.5 Å². The van der Waals surface area contributed by atoms with Gasteiger partial charge in [0.25, 0.3) is 0 Å². The first-order valence-electron chi connectivity index (χ1n) is 11.9. The van der Waals surface area contributed by atoms with E-state index in [0.717, 1.165) is 33.2 Å². The third-order valence-corrected chi connectivity index (χ3v) is 6.55. The molecule has 186 valence electrons. The molecule has 0 N–H and O–H groups in total. The van der Waals surface area contributed by atoms with E-state index >= 15 is 0 Å². The Balaban J connectivity index is 1.36. The van der Waals surface area contributed by atoms with Gasteiger partial charge in [-0.2, -0.15) is 5.26 Å². The number of rotatable bonds is 8. The minimum atomic E-state index is 0.132. The summed E-state index contributed by atoms with van der Waals surface area (Å²) in [6.07, 6.45) is 5.55. The van der Waals surface area contributed by atoms with Gasteiger partial charge < -0.3 is 9.47 Å². The fourth-order valence-electron chi connectivity index (χ4n) is 4.22. The molecule has 2 aromatic heterocycles. The highest BCUT2D eigenvalue weighted by Gasteiger charge is 2.13. The average Bonchev–Trinajstić information content (AvgIpc) is 2.96. The van der Waals surface area contributed by atoms with Crippen molar-refractivity contribution in [2.75, 3.05) is 0 Å². The fourth-order valence-corrected chi connectivity index (χ4v) is 4.44. The van der Waals surface area contributed by atoms with Crippen molar-refractivity contribution in [1.29, 1.82) is 5.26 Å². The summed E-state index contributed by atoms with van der Waals surface area (Å²) in [5.74, 6) is 0.731. The van der Waals surface area contributed by atoms with Crippen molar-refractivity contribution in [3.63, 3.8) is 0 Å². The molecule has 0 spiro atoms. The Morgan fingerprint density at radius 3 is 2.68 bits per heavy atom. The molecule has 0 bridgehead atoms. The van der Waals surface area contributed by atoms with E-state index in [0.29, 0.717) is 39.5 Å². The Bertz CT molecular complexity index is 1690. The van der Waals surface area contributed by atoms with E-state index in [1.807, 2.05) is 30.3 Å². The van der Waals surface area contributed by atoms with Crippen molar-refractivity contribution in [2.24, 2.45) is 0 Å². The number of aldehydes is 1. The van der Waals surface area contributed by atoms with E-state index in [9.17, 15) is 4.79 Å². The van der Waals surface area contributed by atoms with Crippen molar-refractivity contribution in [2.45, 2.75) is 20.1 Å². The summed E-state index contributed by atoms with van der Waals surface area (Å²) < 4.78 is 12.0. The SMILES string of the molecule is Cc1c(COc2cc(OCc3cncc(C#N)c3)c(C=O)cc2Cl)cccc1-c1ccc2ncccc2c1. The lowest BCUT2D eigenvalue weighted by Gasteiger charge is -2.16. The van der Waals surface area contributed by atoms with Crippen LogP contribution < -0.4 is 9.47 Å². The van der Waals surface area contributed by atoms with Crippen LogP contribution in [-0.4, -0.2) is 16.3 Å². The molecular formula is C31H22ClN3O3. The van der Waals surface area contributed by atoms with Crippen LogP contribution in [0.1, 0.15) is 32.6 Å². The smallest absolute Gasteiger partial charge is 0.153 e. The van der Waals surface area contributed by atoms with Crippen LogP contribution in [0.15, 0.2) is 85.3 Å². The second-order valence-corrected chi connectivity index (χ2v) is 9.12. The zero-order valence-corrected chi connectivity index (χ0v) is 21.3. The van der Waals surface area contributed by atoms with Gasteiger partial charge in [-0.15, -0.1) is 0 Å². The summed E-state index contributed by atoms with van der Waals surface area (Å²) in [7, 11) is 0. The summed E-state index contributed by atoms with van der Waals surface area (Å²) in [5, 5.41) is 10.5. The van der Waals surface area contributed by atoms with Gasteiger partial charge in [0.05, 0.1) is 21.7 Å². The van der Waals surface area contributed by atoms with Crippen LogP contribution in [0.4, 0.5) is 0 Å². The molecule has 2 heterocycles. The molecule has 0 unspecified atom stereocenters. The molecule has 3 aromatic carbocycles. The third kappa shape index (κ3) is 5.34. The van der Waals surface area contributed by atoms with E-state index in [4.69, 9.17) is 26.3 Å². The van der Waals surface area contributed by atoms with Gasteiger partial charge in [0.15, 0.2) is 6.29 Å². The first-order valence-corrected chi connectivity index (χ1v) is 12.3. The molecule has 0 aliphatic rings. The van der Waals surface area contributed by atoms with E-state index in [-0.39, 0.29) is 13.2 Å². The summed E-state index contributed by atoms with van der Waals surface area (Å²) in [6.45, 7) is 2.48. The maximum absolute atomic E-state index is 11.6. The zero-order valence-electron chi connectivity index (χ0n) is 20.5. The van der Waals surface area contributed by atoms with Crippen LogP contribution in [0.3, 0.4) is 0 Å². The molecule has 6 nitrogen and oxygen atoms in total. The molecule has 38 heavy (non-hydrogen) atoms. The minimum absolute atomic E-state index is 0.132. The number of hydrogen-bond acceptors (Lipinski definition) is 6. The van der Waals surface area contributed by atoms with Crippen molar-refractivity contribution in [3.05, 3.63) is 118 Å². The molecule has 7 heteroatoms. The van der Waals surface area contributed by atoms with Crippen LogP contribution >= 0.6 is 11.6 Å². The first kappa shape index (κ1) is 24.9. The van der Waals surface area contributed by atoms with Crippen molar-refractivity contribution >= 4 is 28.8 Å². The largest absolute Gasteiger partial charge is 0.488 e. The highest BCUT2D eigenvalue weighted by Crippen LogP contribution is 2.34. The number of nitrogens with zero attached hydrogens (tertiary/aromatic N) is 3. The molecule has 0 saturated carbocycles. The molecule has 0 atom stereocenters. The van der Waals surface area contributed by atoms with Gasteiger partial charge in [-0.3, -0.25) is 14.8 Å². The second-order valence-electron chi connectivity index (χ2n) is 8.71. The van der Waals surface area contributed by atoms with E-state index in [2.05, 4.69) is 41.2 Å². The van der Waals surface area contributed by atoms with Crippen molar-refractivity contribution < 1.29 is 14.3 Å². The predicted octanol–water partition coefficient (Wildman–Crippen LogP) is 7.10. The molecule has 0 aliphatic heterocycles. The lowest BCUT2D eigenvalue weighted by Crippen LogP contribution is -2.03. The lowest BCUT2D eigenvalue weighted by atomic mass is 9.96. The number of ether oxygens (including phenoxy) is 2. The summed E-state index contributed by atoms with van der Waals surface area (Å²) in [4.78, 5) is 20.1. The highest BCUT2D eigenvalue weighted by atomic mass is 35.5. The van der Waals surface area contributed by atoms with Gasteiger partial charge in [-0.05, 0) is 59.5 Å². The number of hydrogen-bond donors (Lipinski definition) is 0. The number of pyridine rings is 2. The Labute approximate surface area is 225 Å². The highest BCUT2D eigenvalue weighted by molar-refractivity contribution is 6.32. The van der Waals surface area contributed by atoms with Crippen LogP contribution in [0.2, 0.25) is 5.02 Å². The number of fused-ring (bicyclic) bond motifs is 1. The molecule has 0 radical (unpaired) electrons. The Kier molecular flexibility index (Phi) is 7.30. The molecule has 0 fully saturated rings. The Hall–Kier alpha value is -4.73. The maximum atomic E-state index is 11.6. The molecule has 5 aromatic rings. The van der Waals surface area contributed by atoms with Gasteiger partial charge >= 0.3 is 0 Å². The number of benzene rings is 3. The van der Waals surface area contributed by atoms with Crippen molar-refractivity contribution in [3.8, 4) is 28.7 Å². The van der Waals surface area contributed by atoms with E-state index < -0.39 is 0 Å². The number of nitriles is 1. The van der Waals surface area contributed by atoms with Gasteiger partial charge in [0.2, 0.25) is 0 Å². The van der Waals surface area contributed by atoms with Gasteiger partial charge in [0.1, 0.15) is 30.8 Å². The number of halogens is 1. The third-order valence-electron chi connectivity index (χ3n) is 6.25. The normalized spacial score (nSPS) is 10.7. The lowest BCUT2D eigenvalue weighted by molar-refractivity contribution is 0.111. The molecule has 0 aliphatic carbocycles. The average molecular weight is 520 g/mol. The van der Waals surface area contributed by atoms with Crippen LogP contribution in [-0.2, 0) is 13.2 Å². The van der Waals surface area contributed by atoms with E-state index in [1.165, 1.54) is 12.3 Å². The number of carbonyl (C=O) groups excluding carboxylic acids is 1. The molecule has 0 saturated heterocycles. The second kappa shape index (κ2) is 11.1. The van der Waals surface area contributed by atoms with Crippen LogP contribution in [0.25, 0.3) is 22.0 Å². The topological polar surface area (TPSA) is 85.1 Å². The minimum Gasteiger partial charge on any atom is -0.488 e. The molecule has 5 rings (SSSR count). The summed E-state index contributed by atoms with van der Waals surface area (Å²) in [5.41, 5.74) is 6.70. The predicted molar refractivity (Wildman–Crippen MR) is 146 cm³/mol. The molecule has 0 amide bonds. The van der Waals surface area contributed by atoms with Crippen molar-refractivity contribution in [1.82, 2.24) is 9.97 Å². The van der Waals surface area contributed by atoms with Gasteiger partial charge in [-0.1, -0.05) is 41.9 Å². The van der Waals surface area contributed by atoms with Crippen LogP contribution in [0, 0.1) is 18.3 Å². The monoisotopic (exact) mass is 519 g/mol. The van der Waals surface area contributed by atoms with Gasteiger partial charge in [-0.25, -0.2) is 0 Å². The summed E-state index contributed by atoms with van der Waals surface area (Å²) >= 11 is 6.43.